The van der Waals surface area contributed by atoms with Crippen molar-refractivity contribution in [3.63, 3.8) is 0 Å². The van der Waals surface area contributed by atoms with Crippen LogP contribution < -0.4 is 10.2 Å². The second kappa shape index (κ2) is 7.66. The summed E-state index contributed by atoms with van der Waals surface area (Å²) in [4.78, 5) is 6.80. The molecule has 0 saturated carbocycles. The molecule has 1 aromatic heterocycles. The van der Waals surface area contributed by atoms with Gasteiger partial charge < -0.3 is 19.7 Å². The summed E-state index contributed by atoms with van der Waals surface area (Å²) in [6, 6.07) is 0. The molecule has 1 spiro atoms. The predicted molar refractivity (Wildman–Crippen MR) is 95.6 cm³/mol. The summed E-state index contributed by atoms with van der Waals surface area (Å²) in [6.45, 7) is 3.96. The number of aromatic nitrogens is 3. The van der Waals surface area contributed by atoms with Crippen LogP contribution in [0.15, 0.2) is 17.8 Å². The van der Waals surface area contributed by atoms with Crippen LogP contribution in [0.25, 0.3) is 0 Å². The summed E-state index contributed by atoms with van der Waals surface area (Å²) in [5, 5.41) is 11.7. The van der Waals surface area contributed by atoms with Gasteiger partial charge >= 0.3 is 0 Å². The Labute approximate surface area is 148 Å². The third-order valence-electron chi connectivity index (χ3n) is 5.31. The van der Waals surface area contributed by atoms with Crippen LogP contribution in [0.3, 0.4) is 0 Å². The number of hydrogen-bond acceptors (Lipinski definition) is 7. The Morgan fingerprint density at radius 3 is 2.76 bits per heavy atom. The van der Waals surface area contributed by atoms with Crippen molar-refractivity contribution in [3.05, 3.63) is 17.8 Å². The van der Waals surface area contributed by atoms with E-state index in [2.05, 4.69) is 31.5 Å². The van der Waals surface area contributed by atoms with E-state index in [1.54, 1.807) is 11.8 Å². The molecule has 2 aliphatic heterocycles. The molecule has 136 valence electrons. The van der Waals surface area contributed by atoms with Gasteiger partial charge in [0.1, 0.15) is 0 Å². The summed E-state index contributed by atoms with van der Waals surface area (Å²) >= 11 is 0. The Bertz CT molecular complexity index is 605. The fraction of sp³-hybridized carbons (Fsp3) is 0.722. The maximum Gasteiger partial charge on any atom is 0.247 e. The molecule has 3 aliphatic rings. The Kier molecular flexibility index (Phi) is 5.12. The fourth-order valence-electron chi connectivity index (χ4n) is 3.83. The van der Waals surface area contributed by atoms with Crippen LogP contribution in [0.1, 0.15) is 44.9 Å². The first-order chi connectivity index (χ1) is 12.3. The van der Waals surface area contributed by atoms with Crippen LogP contribution in [0.4, 0.5) is 11.8 Å². The number of nitrogens with one attached hydrogen (secondary N) is 1. The van der Waals surface area contributed by atoms with E-state index in [1.807, 2.05) is 0 Å². The molecule has 7 heteroatoms. The number of piperidine rings is 1. The van der Waals surface area contributed by atoms with Crippen molar-refractivity contribution in [3.8, 4) is 0 Å². The number of allylic oxidation sites excluding steroid dienone is 1. The molecule has 0 bridgehead atoms. The van der Waals surface area contributed by atoms with Crippen LogP contribution in [-0.4, -0.2) is 53.8 Å². The SMILES string of the molecule is C1=C(CCNc2cnnc(N3CCC4(CC3)OCCO4)n2)CCCC1. The van der Waals surface area contributed by atoms with Crippen molar-refractivity contribution in [2.24, 2.45) is 0 Å². The molecule has 1 N–H and O–H groups in total. The molecule has 0 atom stereocenters. The fourth-order valence-corrected chi connectivity index (χ4v) is 3.83. The van der Waals surface area contributed by atoms with Crippen molar-refractivity contribution in [1.82, 2.24) is 15.2 Å². The number of hydrogen-bond donors (Lipinski definition) is 1. The smallest absolute Gasteiger partial charge is 0.247 e. The normalized spacial score (nSPS) is 22.9. The molecule has 0 radical (unpaired) electrons. The van der Waals surface area contributed by atoms with Gasteiger partial charge in [0, 0.05) is 32.5 Å². The Morgan fingerprint density at radius 2 is 2.00 bits per heavy atom. The van der Waals surface area contributed by atoms with Crippen molar-refractivity contribution < 1.29 is 9.47 Å². The molecule has 0 amide bonds. The average molecular weight is 345 g/mol. The van der Waals surface area contributed by atoms with Gasteiger partial charge in [0.15, 0.2) is 11.6 Å². The molecule has 2 fully saturated rings. The zero-order chi connectivity index (χ0) is 17.0. The molecule has 2 saturated heterocycles. The molecule has 1 aliphatic carbocycles. The van der Waals surface area contributed by atoms with Crippen LogP contribution in [0, 0.1) is 0 Å². The van der Waals surface area contributed by atoms with Gasteiger partial charge in [-0.15, -0.1) is 5.10 Å². The maximum atomic E-state index is 5.78. The topological polar surface area (TPSA) is 72.4 Å². The van der Waals surface area contributed by atoms with E-state index in [-0.39, 0.29) is 5.79 Å². The van der Waals surface area contributed by atoms with Gasteiger partial charge in [-0.25, -0.2) is 0 Å². The lowest BCUT2D eigenvalue weighted by molar-refractivity contribution is -0.169. The zero-order valence-corrected chi connectivity index (χ0v) is 14.7. The second-order valence-electron chi connectivity index (χ2n) is 7.02. The van der Waals surface area contributed by atoms with E-state index in [9.17, 15) is 0 Å². The average Bonchev–Trinajstić information content (AvgIpc) is 3.12. The van der Waals surface area contributed by atoms with Gasteiger partial charge in [-0.2, -0.15) is 10.1 Å². The highest BCUT2D eigenvalue weighted by Crippen LogP contribution is 2.32. The summed E-state index contributed by atoms with van der Waals surface area (Å²) in [5.41, 5.74) is 1.57. The standard InChI is InChI=1S/C18H27N5O2/c1-2-4-15(5-3-1)6-9-19-16-14-20-22-17(21-16)23-10-7-18(8-11-23)24-12-13-25-18/h4,14H,1-3,5-13H2,(H,19,21,22). The zero-order valence-electron chi connectivity index (χ0n) is 14.7. The third-order valence-corrected chi connectivity index (χ3v) is 5.31. The summed E-state index contributed by atoms with van der Waals surface area (Å²) in [7, 11) is 0. The number of ether oxygens (including phenoxy) is 2. The monoisotopic (exact) mass is 345 g/mol. The minimum absolute atomic E-state index is 0.368. The van der Waals surface area contributed by atoms with Gasteiger partial charge in [0.2, 0.25) is 5.95 Å². The van der Waals surface area contributed by atoms with Gasteiger partial charge in [0.25, 0.3) is 0 Å². The van der Waals surface area contributed by atoms with E-state index < -0.39 is 0 Å². The lowest BCUT2D eigenvalue weighted by Gasteiger charge is -2.37. The van der Waals surface area contributed by atoms with Crippen molar-refractivity contribution in [2.75, 3.05) is 43.1 Å². The summed E-state index contributed by atoms with van der Waals surface area (Å²) < 4.78 is 11.6. The first-order valence-electron chi connectivity index (χ1n) is 9.47. The molecule has 3 heterocycles. The molecule has 1 aromatic rings. The lowest BCUT2D eigenvalue weighted by Crippen LogP contribution is -2.45. The van der Waals surface area contributed by atoms with Gasteiger partial charge in [-0.1, -0.05) is 11.6 Å². The minimum atomic E-state index is -0.368. The first kappa shape index (κ1) is 16.7. The summed E-state index contributed by atoms with van der Waals surface area (Å²) in [5.74, 6) is 1.12. The number of nitrogens with zero attached hydrogens (tertiary/aromatic N) is 4. The highest BCUT2D eigenvalue weighted by Gasteiger charge is 2.40. The van der Waals surface area contributed by atoms with Crippen molar-refractivity contribution >= 4 is 11.8 Å². The van der Waals surface area contributed by atoms with Crippen LogP contribution >= 0.6 is 0 Å². The Morgan fingerprint density at radius 1 is 1.16 bits per heavy atom. The maximum absolute atomic E-state index is 5.78. The molecule has 7 nitrogen and oxygen atoms in total. The highest BCUT2D eigenvalue weighted by molar-refractivity contribution is 5.39. The van der Waals surface area contributed by atoms with Gasteiger partial charge in [-0.3, -0.25) is 0 Å². The molecule has 0 unspecified atom stereocenters. The van der Waals surface area contributed by atoms with Gasteiger partial charge in [-0.05, 0) is 32.1 Å². The highest BCUT2D eigenvalue weighted by atomic mass is 16.7. The van der Waals surface area contributed by atoms with Crippen LogP contribution in [0.5, 0.6) is 0 Å². The molecule has 0 aromatic carbocycles. The van der Waals surface area contributed by atoms with E-state index in [0.717, 1.165) is 44.7 Å². The first-order valence-corrected chi connectivity index (χ1v) is 9.47. The third kappa shape index (κ3) is 4.10. The van der Waals surface area contributed by atoms with Crippen molar-refractivity contribution in [2.45, 2.75) is 50.7 Å². The molecular weight excluding hydrogens is 318 g/mol. The van der Waals surface area contributed by atoms with E-state index >= 15 is 0 Å². The van der Waals surface area contributed by atoms with Gasteiger partial charge in [0.05, 0.1) is 19.4 Å². The predicted octanol–water partition coefficient (Wildman–Crippen LogP) is 2.52. The van der Waals surface area contributed by atoms with Crippen LogP contribution in [0.2, 0.25) is 0 Å². The largest absolute Gasteiger partial charge is 0.368 e. The Balaban J connectivity index is 1.30. The number of rotatable bonds is 5. The minimum Gasteiger partial charge on any atom is -0.368 e. The molecule has 25 heavy (non-hydrogen) atoms. The van der Waals surface area contributed by atoms with E-state index in [4.69, 9.17) is 9.47 Å². The second-order valence-corrected chi connectivity index (χ2v) is 7.02. The Hall–Kier alpha value is -1.73. The number of anilines is 2. The van der Waals surface area contributed by atoms with E-state index in [1.165, 1.54) is 25.7 Å². The quantitative estimate of drug-likeness (QED) is 0.822. The molecule has 4 rings (SSSR count). The molecular formula is C18H27N5O2. The van der Waals surface area contributed by atoms with Crippen molar-refractivity contribution in [1.29, 1.82) is 0 Å². The van der Waals surface area contributed by atoms with E-state index in [0.29, 0.717) is 19.2 Å². The lowest BCUT2D eigenvalue weighted by atomic mass is 9.97. The summed E-state index contributed by atoms with van der Waals surface area (Å²) in [6.07, 6.45) is 12.0. The van der Waals surface area contributed by atoms with Crippen LogP contribution in [-0.2, 0) is 9.47 Å².